The van der Waals surface area contributed by atoms with E-state index in [-0.39, 0.29) is 5.57 Å². The summed E-state index contributed by atoms with van der Waals surface area (Å²) >= 11 is 2.16. The van der Waals surface area contributed by atoms with Crippen LogP contribution in [0.3, 0.4) is 0 Å². The molecule has 1 amide bonds. The fraction of sp³-hybridized carbons (Fsp3) is 0.120. The summed E-state index contributed by atoms with van der Waals surface area (Å²) in [5.41, 5.74) is 3.31. The summed E-state index contributed by atoms with van der Waals surface area (Å²) in [7, 11) is 1.56. The van der Waals surface area contributed by atoms with E-state index >= 15 is 0 Å². The normalized spacial score (nSPS) is 10.8. The lowest BCUT2D eigenvalue weighted by Crippen LogP contribution is -2.14. The first-order chi connectivity index (χ1) is 15.0. The van der Waals surface area contributed by atoms with Gasteiger partial charge >= 0.3 is 0 Å². The van der Waals surface area contributed by atoms with Crippen LogP contribution in [-0.2, 0) is 11.4 Å². The summed E-state index contributed by atoms with van der Waals surface area (Å²) < 4.78 is 12.3. The quantitative estimate of drug-likeness (QED) is 0.244. The number of para-hydroxylation sites is 1. The number of nitriles is 1. The molecule has 0 saturated heterocycles. The molecule has 0 unspecified atom stereocenters. The summed E-state index contributed by atoms with van der Waals surface area (Å²) in [6.45, 7) is 2.30. The smallest absolute Gasteiger partial charge is 0.266 e. The molecule has 3 aromatic carbocycles. The van der Waals surface area contributed by atoms with Gasteiger partial charge in [0.1, 0.15) is 18.2 Å². The van der Waals surface area contributed by atoms with E-state index in [0.29, 0.717) is 29.4 Å². The van der Waals surface area contributed by atoms with Crippen LogP contribution < -0.4 is 14.8 Å². The number of amides is 1. The number of hydrogen-bond acceptors (Lipinski definition) is 4. The molecule has 0 saturated carbocycles. The molecule has 5 nitrogen and oxygen atoms in total. The van der Waals surface area contributed by atoms with Crippen LogP contribution in [0, 0.1) is 21.8 Å². The molecule has 6 heteroatoms. The molecular weight excluding hydrogens is 503 g/mol. The molecule has 0 aromatic heterocycles. The van der Waals surface area contributed by atoms with Gasteiger partial charge in [-0.1, -0.05) is 48.5 Å². The van der Waals surface area contributed by atoms with Crippen LogP contribution in [0.1, 0.15) is 16.7 Å². The van der Waals surface area contributed by atoms with Crippen molar-refractivity contribution in [3.05, 3.63) is 92.6 Å². The third-order valence-corrected chi connectivity index (χ3v) is 5.35. The maximum atomic E-state index is 12.6. The standard InChI is InChI=1S/C25H21IN2O3/c1-17-8-6-7-11-22(17)28-25(29)20(15-27)12-19-13-21(26)24(23(14-19)30-2)31-16-18-9-4-3-5-10-18/h3-14H,16H2,1-2H3,(H,28,29)/b20-12-. The Morgan fingerprint density at radius 3 is 2.52 bits per heavy atom. The fourth-order valence-electron chi connectivity index (χ4n) is 2.91. The van der Waals surface area contributed by atoms with Crippen LogP contribution in [0.15, 0.2) is 72.3 Å². The highest BCUT2D eigenvalue weighted by molar-refractivity contribution is 14.1. The van der Waals surface area contributed by atoms with Crippen molar-refractivity contribution >= 4 is 40.3 Å². The van der Waals surface area contributed by atoms with Gasteiger partial charge in [-0.25, -0.2) is 0 Å². The molecule has 0 bridgehead atoms. The number of nitrogens with zero attached hydrogens (tertiary/aromatic N) is 1. The average molecular weight is 524 g/mol. The number of aryl methyl sites for hydroxylation is 1. The molecule has 0 aliphatic carbocycles. The molecule has 0 aliphatic heterocycles. The van der Waals surface area contributed by atoms with E-state index in [9.17, 15) is 10.1 Å². The van der Waals surface area contributed by atoms with Gasteiger partial charge in [0, 0.05) is 5.69 Å². The molecule has 0 aliphatic rings. The Bertz CT molecular complexity index is 1150. The van der Waals surface area contributed by atoms with E-state index in [2.05, 4.69) is 27.9 Å². The van der Waals surface area contributed by atoms with Gasteiger partial charge in [0.15, 0.2) is 11.5 Å². The first-order valence-electron chi connectivity index (χ1n) is 9.55. The van der Waals surface area contributed by atoms with Crippen molar-refractivity contribution in [2.75, 3.05) is 12.4 Å². The van der Waals surface area contributed by atoms with Crippen molar-refractivity contribution < 1.29 is 14.3 Å². The van der Waals surface area contributed by atoms with Crippen molar-refractivity contribution in [2.24, 2.45) is 0 Å². The Morgan fingerprint density at radius 1 is 1.13 bits per heavy atom. The van der Waals surface area contributed by atoms with Crippen LogP contribution in [0.2, 0.25) is 0 Å². The summed E-state index contributed by atoms with van der Waals surface area (Å²) in [6, 6.07) is 22.9. The van der Waals surface area contributed by atoms with Gasteiger partial charge in [-0.2, -0.15) is 5.26 Å². The van der Waals surface area contributed by atoms with E-state index < -0.39 is 5.91 Å². The molecule has 1 N–H and O–H groups in total. The Kier molecular flexibility index (Phi) is 7.68. The minimum absolute atomic E-state index is 0.000870. The lowest BCUT2D eigenvalue weighted by molar-refractivity contribution is -0.112. The number of methoxy groups -OCH3 is 1. The lowest BCUT2D eigenvalue weighted by atomic mass is 10.1. The van der Waals surface area contributed by atoms with Crippen LogP contribution in [0.4, 0.5) is 5.69 Å². The third kappa shape index (κ3) is 5.86. The van der Waals surface area contributed by atoms with E-state index in [0.717, 1.165) is 14.7 Å². The van der Waals surface area contributed by atoms with Crippen LogP contribution in [0.5, 0.6) is 11.5 Å². The number of ether oxygens (including phenoxy) is 2. The zero-order valence-electron chi connectivity index (χ0n) is 17.2. The first kappa shape index (κ1) is 22.4. The van der Waals surface area contributed by atoms with E-state index in [4.69, 9.17) is 9.47 Å². The van der Waals surface area contributed by atoms with E-state index in [1.807, 2.05) is 67.6 Å². The van der Waals surface area contributed by atoms with Crippen molar-refractivity contribution in [2.45, 2.75) is 13.5 Å². The molecule has 0 spiro atoms. The second kappa shape index (κ2) is 10.6. The average Bonchev–Trinajstić information content (AvgIpc) is 2.78. The molecule has 0 atom stereocenters. The van der Waals surface area contributed by atoms with Crippen LogP contribution >= 0.6 is 22.6 Å². The van der Waals surface area contributed by atoms with Gasteiger partial charge < -0.3 is 14.8 Å². The van der Waals surface area contributed by atoms with Crippen LogP contribution in [-0.4, -0.2) is 13.0 Å². The highest BCUT2D eigenvalue weighted by atomic mass is 127. The second-order valence-electron chi connectivity index (χ2n) is 6.75. The minimum Gasteiger partial charge on any atom is -0.493 e. The summed E-state index contributed by atoms with van der Waals surface area (Å²) in [4.78, 5) is 12.6. The van der Waals surface area contributed by atoms with Crippen molar-refractivity contribution in [3.63, 3.8) is 0 Å². The first-order valence-corrected chi connectivity index (χ1v) is 10.6. The van der Waals surface area contributed by atoms with Gasteiger partial charge in [-0.15, -0.1) is 0 Å². The van der Waals surface area contributed by atoms with Gasteiger partial charge in [-0.05, 0) is 70.5 Å². The number of benzene rings is 3. The van der Waals surface area contributed by atoms with Crippen molar-refractivity contribution in [1.29, 1.82) is 5.26 Å². The number of anilines is 1. The van der Waals surface area contributed by atoms with Gasteiger partial charge in [0.05, 0.1) is 10.7 Å². The Balaban J connectivity index is 1.83. The molecule has 3 rings (SSSR count). The maximum Gasteiger partial charge on any atom is 0.266 e. The van der Waals surface area contributed by atoms with Crippen molar-refractivity contribution in [1.82, 2.24) is 0 Å². The number of nitrogens with one attached hydrogen (secondary N) is 1. The lowest BCUT2D eigenvalue weighted by Gasteiger charge is -2.14. The highest BCUT2D eigenvalue weighted by Crippen LogP contribution is 2.35. The van der Waals surface area contributed by atoms with Crippen LogP contribution in [0.25, 0.3) is 6.08 Å². The zero-order valence-corrected chi connectivity index (χ0v) is 19.3. The number of carbonyl (C=O) groups excluding carboxylic acids is 1. The fourth-order valence-corrected chi connectivity index (χ4v) is 3.69. The van der Waals surface area contributed by atoms with Gasteiger partial charge in [0.2, 0.25) is 0 Å². The largest absolute Gasteiger partial charge is 0.493 e. The molecule has 0 heterocycles. The molecular formula is C25H21IN2O3. The summed E-state index contributed by atoms with van der Waals surface area (Å²) in [6.07, 6.45) is 1.54. The molecule has 0 fully saturated rings. The Morgan fingerprint density at radius 2 is 1.84 bits per heavy atom. The zero-order chi connectivity index (χ0) is 22.2. The SMILES string of the molecule is COc1cc(/C=C(/C#N)C(=O)Nc2ccccc2C)cc(I)c1OCc1ccccc1. The minimum atomic E-state index is -0.463. The predicted octanol–water partition coefficient (Wildman–Crippen LogP) is 5.73. The van der Waals surface area contributed by atoms with Gasteiger partial charge in [-0.3, -0.25) is 4.79 Å². The predicted molar refractivity (Wildman–Crippen MR) is 130 cm³/mol. The second-order valence-corrected chi connectivity index (χ2v) is 7.91. The number of hydrogen-bond donors (Lipinski definition) is 1. The number of rotatable bonds is 7. The topological polar surface area (TPSA) is 71.3 Å². The third-order valence-electron chi connectivity index (χ3n) is 4.55. The van der Waals surface area contributed by atoms with E-state index in [1.54, 1.807) is 25.3 Å². The maximum absolute atomic E-state index is 12.6. The highest BCUT2D eigenvalue weighted by Gasteiger charge is 2.14. The van der Waals surface area contributed by atoms with Gasteiger partial charge in [0.25, 0.3) is 5.91 Å². The number of halogens is 1. The molecule has 0 radical (unpaired) electrons. The monoisotopic (exact) mass is 524 g/mol. The molecule has 156 valence electrons. The Hall–Kier alpha value is -3.31. The summed E-state index contributed by atoms with van der Waals surface area (Å²) in [5.74, 6) is 0.688. The molecule has 31 heavy (non-hydrogen) atoms. The van der Waals surface area contributed by atoms with E-state index in [1.165, 1.54) is 0 Å². The Labute approximate surface area is 195 Å². The number of carbonyl (C=O) groups is 1. The molecule has 3 aromatic rings. The summed E-state index contributed by atoms with van der Waals surface area (Å²) in [5, 5.41) is 12.3. The van der Waals surface area contributed by atoms with Crippen molar-refractivity contribution in [3.8, 4) is 17.6 Å².